The van der Waals surface area contributed by atoms with E-state index in [-0.39, 0.29) is 0 Å². The number of aryl methyl sites for hydroxylation is 1. The third kappa shape index (κ3) is 1.60. The molecule has 0 aromatic carbocycles. The van der Waals surface area contributed by atoms with Crippen molar-refractivity contribution in [2.45, 2.75) is 19.3 Å². The Labute approximate surface area is 67.2 Å². The van der Waals surface area contributed by atoms with Crippen LogP contribution < -0.4 is 5.73 Å². The second-order valence-corrected chi connectivity index (χ2v) is 2.77. The smallest absolute Gasteiger partial charge is 0.0945 e. The lowest BCUT2D eigenvalue weighted by atomic mass is 10.0. The van der Waals surface area contributed by atoms with Crippen molar-refractivity contribution in [1.82, 2.24) is 9.55 Å². The normalized spacial score (nSPS) is 13.4. The Balaban J connectivity index is 2.81. The lowest BCUT2D eigenvalue weighted by Crippen LogP contribution is -2.14. The maximum atomic E-state index is 5.60. The van der Waals surface area contributed by atoms with E-state index in [1.807, 2.05) is 24.1 Å². The number of hydrogen-bond acceptors (Lipinski definition) is 2. The van der Waals surface area contributed by atoms with Gasteiger partial charge in [0, 0.05) is 31.4 Å². The molecule has 1 atom stereocenters. The zero-order chi connectivity index (χ0) is 8.27. The van der Waals surface area contributed by atoms with E-state index in [0.29, 0.717) is 12.5 Å². The van der Waals surface area contributed by atoms with E-state index in [4.69, 9.17) is 5.73 Å². The summed E-state index contributed by atoms with van der Waals surface area (Å²) in [5, 5.41) is 0. The molecule has 0 spiro atoms. The van der Waals surface area contributed by atoms with Crippen LogP contribution in [-0.2, 0) is 7.05 Å². The molecule has 0 aliphatic carbocycles. The quantitative estimate of drug-likeness (QED) is 0.700. The predicted molar refractivity (Wildman–Crippen MR) is 45.3 cm³/mol. The highest BCUT2D eigenvalue weighted by Gasteiger charge is 2.09. The molecule has 1 rings (SSSR count). The van der Waals surface area contributed by atoms with Crippen LogP contribution in [0.2, 0.25) is 0 Å². The molecule has 0 bridgehead atoms. The average molecular weight is 153 g/mol. The Hall–Kier alpha value is -0.830. The van der Waals surface area contributed by atoms with Gasteiger partial charge in [0.1, 0.15) is 0 Å². The molecule has 0 amide bonds. The molecule has 0 radical (unpaired) electrons. The summed E-state index contributed by atoms with van der Waals surface area (Å²) in [7, 11) is 2.00. The maximum Gasteiger partial charge on any atom is 0.0945 e. The van der Waals surface area contributed by atoms with Crippen molar-refractivity contribution in [3.63, 3.8) is 0 Å². The summed E-state index contributed by atoms with van der Waals surface area (Å²) in [6, 6.07) is 0. The van der Waals surface area contributed by atoms with Crippen LogP contribution in [-0.4, -0.2) is 16.1 Å². The zero-order valence-electron chi connectivity index (χ0n) is 7.12. The van der Waals surface area contributed by atoms with E-state index in [1.54, 1.807) is 0 Å². The minimum Gasteiger partial charge on any atom is -0.337 e. The van der Waals surface area contributed by atoms with E-state index in [1.165, 1.54) is 5.69 Å². The van der Waals surface area contributed by atoms with Crippen molar-refractivity contribution in [2.24, 2.45) is 12.8 Å². The SMILES string of the molecule is CCC(CN)c1cncn1C. The number of nitrogens with zero attached hydrogens (tertiary/aromatic N) is 2. The highest BCUT2D eigenvalue weighted by Crippen LogP contribution is 2.15. The van der Waals surface area contributed by atoms with Gasteiger partial charge in [0.15, 0.2) is 0 Å². The highest BCUT2D eigenvalue weighted by molar-refractivity contribution is 5.05. The minimum atomic E-state index is 0.461. The van der Waals surface area contributed by atoms with Crippen molar-refractivity contribution in [3.8, 4) is 0 Å². The van der Waals surface area contributed by atoms with Crippen LogP contribution in [0.5, 0.6) is 0 Å². The van der Waals surface area contributed by atoms with Crippen molar-refractivity contribution < 1.29 is 0 Å². The van der Waals surface area contributed by atoms with Gasteiger partial charge in [0.05, 0.1) is 6.33 Å². The predicted octanol–water partition coefficient (Wildman–Crippen LogP) is 0.872. The minimum absolute atomic E-state index is 0.461. The van der Waals surface area contributed by atoms with Gasteiger partial charge in [0.2, 0.25) is 0 Å². The Bertz CT molecular complexity index is 213. The molecule has 3 heteroatoms. The lowest BCUT2D eigenvalue weighted by Gasteiger charge is -2.11. The van der Waals surface area contributed by atoms with Crippen LogP contribution in [0.3, 0.4) is 0 Å². The van der Waals surface area contributed by atoms with Gasteiger partial charge in [-0.3, -0.25) is 0 Å². The zero-order valence-corrected chi connectivity index (χ0v) is 7.12. The molecule has 3 nitrogen and oxygen atoms in total. The fourth-order valence-corrected chi connectivity index (χ4v) is 1.26. The topological polar surface area (TPSA) is 43.8 Å². The molecule has 2 N–H and O–H groups in total. The molecule has 62 valence electrons. The largest absolute Gasteiger partial charge is 0.337 e. The first kappa shape index (κ1) is 8.27. The molecule has 1 unspecified atom stereocenters. The molecule has 0 saturated heterocycles. The number of rotatable bonds is 3. The Kier molecular flexibility index (Phi) is 2.65. The van der Waals surface area contributed by atoms with Crippen molar-refractivity contribution >= 4 is 0 Å². The first-order valence-electron chi connectivity index (χ1n) is 3.95. The van der Waals surface area contributed by atoms with Gasteiger partial charge in [-0.15, -0.1) is 0 Å². The first-order valence-corrected chi connectivity index (χ1v) is 3.95. The summed E-state index contributed by atoms with van der Waals surface area (Å²) in [6.45, 7) is 2.85. The van der Waals surface area contributed by atoms with Gasteiger partial charge in [-0.1, -0.05) is 6.92 Å². The molecule has 0 fully saturated rings. The number of nitrogens with two attached hydrogens (primary N) is 1. The fraction of sp³-hybridized carbons (Fsp3) is 0.625. The molecule has 1 aromatic heterocycles. The fourth-order valence-electron chi connectivity index (χ4n) is 1.26. The maximum absolute atomic E-state index is 5.60. The molecule has 11 heavy (non-hydrogen) atoms. The average Bonchev–Trinajstić information content (AvgIpc) is 2.40. The summed E-state index contributed by atoms with van der Waals surface area (Å²) in [4.78, 5) is 4.05. The van der Waals surface area contributed by atoms with E-state index < -0.39 is 0 Å². The van der Waals surface area contributed by atoms with Gasteiger partial charge in [-0.25, -0.2) is 4.98 Å². The van der Waals surface area contributed by atoms with Crippen LogP contribution >= 0.6 is 0 Å². The van der Waals surface area contributed by atoms with Gasteiger partial charge < -0.3 is 10.3 Å². The summed E-state index contributed by atoms with van der Waals surface area (Å²) in [5.41, 5.74) is 6.83. The Morgan fingerprint density at radius 1 is 1.73 bits per heavy atom. The first-order chi connectivity index (χ1) is 5.29. The van der Waals surface area contributed by atoms with E-state index in [9.17, 15) is 0 Å². The summed E-state index contributed by atoms with van der Waals surface area (Å²) in [5.74, 6) is 0.461. The second-order valence-electron chi connectivity index (χ2n) is 2.77. The van der Waals surface area contributed by atoms with Gasteiger partial charge in [-0.05, 0) is 6.42 Å². The van der Waals surface area contributed by atoms with Crippen LogP contribution in [0.1, 0.15) is 25.0 Å². The monoisotopic (exact) mass is 153 g/mol. The van der Waals surface area contributed by atoms with Gasteiger partial charge in [0.25, 0.3) is 0 Å². The lowest BCUT2D eigenvalue weighted by molar-refractivity contribution is 0.623. The third-order valence-corrected chi connectivity index (χ3v) is 2.05. The van der Waals surface area contributed by atoms with Crippen LogP contribution in [0.25, 0.3) is 0 Å². The number of hydrogen-bond donors (Lipinski definition) is 1. The van der Waals surface area contributed by atoms with Crippen molar-refractivity contribution in [1.29, 1.82) is 0 Å². The molecule has 0 saturated carbocycles. The molecular weight excluding hydrogens is 138 g/mol. The molecule has 1 aromatic rings. The Morgan fingerprint density at radius 2 is 2.45 bits per heavy atom. The van der Waals surface area contributed by atoms with Gasteiger partial charge >= 0.3 is 0 Å². The second kappa shape index (κ2) is 3.53. The van der Waals surface area contributed by atoms with Crippen molar-refractivity contribution in [3.05, 3.63) is 18.2 Å². The van der Waals surface area contributed by atoms with E-state index in [0.717, 1.165) is 6.42 Å². The van der Waals surface area contributed by atoms with E-state index >= 15 is 0 Å². The molecule has 1 heterocycles. The standard InChI is InChI=1S/C8H15N3/c1-3-7(4-9)8-5-10-6-11(8)2/h5-7H,3-4,9H2,1-2H3. The molecular formula is C8H15N3. The Morgan fingerprint density at radius 3 is 2.82 bits per heavy atom. The van der Waals surface area contributed by atoms with Crippen LogP contribution in [0.15, 0.2) is 12.5 Å². The van der Waals surface area contributed by atoms with E-state index in [2.05, 4.69) is 11.9 Å². The highest BCUT2D eigenvalue weighted by atomic mass is 15.0. The molecule has 0 aliphatic heterocycles. The van der Waals surface area contributed by atoms with Crippen LogP contribution in [0.4, 0.5) is 0 Å². The van der Waals surface area contributed by atoms with Gasteiger partial charge in [-0.2, -0.15) is 0 Å². The van der Waals surface area contributed by atoms with Crippen molar-refractivity contribution in [2.75, 3.05) is 6.54 Å². The number of aromatic nitrogens is 2. The van der Waals surface area contributed by atoms with Crippen LogP contribution in [0, 0.1) is 0 Å². The summed E-state index contributed by atoms with van der Waals surface area (Å²) < 4.78 is 2.03. The third-order valence-electron chi connectivity index (χ3n) is 2.05. The number of imidazole rings is 1. The molecule has 0 aliphatic rings. The summed E-state index contributed by atoms with van der Waals surface area (Å²) >= 11 is 0. The summed E-state index contributed by atoms with van der Waals surface area (Å²) in [6.07, 6.45) is 4.78.